The number of carboxylic acids is 1. The molecule has 2 rings (SSSR count). The second-order valence-corrected chi connectivity index (χ2v) is 5.49. The molecule has 0 aliphatic heterocycles. The van der Waals surface area contributed by atoms with E-state index in [2.05, 4.69) is 5.10 Å². The van der Waals surface area contributed by atoms with Crippen LogP contribution in [0.1, 0.15) is 32.9 Å². The molecule has 0 aliphatic carbocycles. The summed E-state index contributed by atoms with van der Waals surface area (Å²) in [5.74, 6) is -0.523. The minimum absolute atomic E-state index is 0.247. The molecule has 0 saturated heterocycles. The molecular formula is C13H16N2O3S. The highest BCUT2D eigenvalue weighted by molar-refractivity contribution is 7.14. The lowest BCUT2D eigenvalue weighted by molar-refractivity contribution is 0.0697. The maximum atomic E-state index is 11.1. The standard InChI is InChI=1S/C13H16N2O3S/c1-4-15-10(5-8(2)14-15)7-18-11-6-9(3)19-12(11)13(16)17/h5-6H,4,7H2,1-3H3,(H,16,17). The number of hydrogen-bond acceptors (Lipinski definition) is 4. The van der Waals surface area contributed by atoms with Gasteiger partial charge in [0.05, 0.1) is 11.4 Å². The molecule has 0 fully saturated rings. The first-order chi connectivity index (χ1) is 9.01. The quantitative estimate of drug-likeness (QED) is 0.914. The van der Waals surface area contributed by atoms with Gasteiger partial charge in [0.2, 0.25) is 0 Å². The average molecular weight is 280 g/mol. The number of aryl methyl sites for hydroxylation is 3. The fourth-order valence-corrected chi connectivity index (χ4v) is 2.68. The summed E-state index contributed by atoms with van der Waals surface area (Å²) in [6.45, 7) is 6.89. The lowest BCUT2D eigenvalue weighted by Crippen LogP contribution is -2.07. The van der Waals surface area contributed by atoms with E-state index in [4.69, 9.17) is 9.84 Å². The monoisotopic (exact) mass is 280 g/mol. The van der Waals surface area contributed by atoms with Gasteiger partial charge in [0, 0.05) is 11.4 Å². The normalized spacial score (nSPS) is 10.7. The molecule has 19 heavy (non-hydrogen) atoms. The summed E-state index contributed by atoms with van der Waals surface area (Å²) in [4.78, 5) is 12.3. The zero-order valence-corrected chi connectivity index (χ0v) is 12.0. The van der Waals surface area contributed by atoms with Crippen molar-refractivity contribution in [1.29, 1.82) is 0 Å². The van der Waals surface area contributed by atoms with Gasteiger partial charge < -0.3 is 9.84 Å². The Hall–Kier alpha value is -1.82. The Bertz CT molecular complexity index is 601. The first kappa shape index (κ1) is 13.6. The summed E-state index contributed by atoms with van der Waals surface area (Å²) >= 11 is 1.23. The van der Waals surface area contributed by atoms with E-state index >= 15 is 0 Å². The maximum Gasteiger partial charge on any atom is 0.349 e. The SMILES string of the molecule is CCn1nc(C)cc1COc1cc(C)sc1C(=O)O. The van der Waals surface area contributed by atoms with E-state index in [1.165, 1.54) is 11.3 Å². The summed E-state index contributed by atoms with van der Waals surface area (Å²) in [5.41, 5.74) is 1.88. The van der Waals surface area contributed by atoms with Crippen molar-refractivity contribution < 1.29 is 14.6 Å². The Morgan fingerprint density at radius 3 is 2.84 bits per heavy atom. The number of rotatable bonds is 5. The second-order valence-electron chi connectivity index (χ2n) is 4.24. The number of carboxylic acid groups (broad SMARTS) is 1. The van der Waals surface area contributed by atoms with Gasteiger partial charge in [-0.2, -0.15) is 5.10 Å². The van der Waals surface area contributed by atoms with Crippen LogP contribution in [0.2, 0.25) is 0 Å². The van der Waals surface area contributed by atoms with Gasteiger partial charge >= 0.3 is 5.97 Å². The Kier molecular flexibility index (Phi) is 3.90. The minimum atomic E-state index is -0.951. The highest BCUT2D eigenvalue weighted by Crippen LogP contribution is 2.29. The molecule has 0 bridgehead atoms. The molecule has 0 aromatic carbocycles. The van der Waals surface area contributed by atoms with E-state index in [1.54, 1.807) is 6.07 Å². The molecule has 2 aromatic heterocycles. The molecule has 5 nitrogen and oxygen atoms in total. The molecule has 2 aromatic rings. The van der Waals surface area contributed by atoms with Crippen LogP contribution < -0.4 is 4.74 Å². The molecule has 0 aliphatic rings. The number of ether oxygens (including phenoxy) is 1. The van der Waals surface area contributed by atoms with Crippen LogP contribution in [0.15, 0.2) is 12.1 Å². The summed E-state index contributed by atoms with van der Waals surface area (Å²) in [6.07, 6.45) is 0. The third-order valence-corrected chi connectivity index (χ3v) is 3.70. The van der Waals surface area contributed by atoms with Gasteiger partial charge in [-0.25, -0.2) is 4.79 Å². The van der Waals surface area contributed by atoms with Crippen molar-refractivity contribution in [3.8, 4) is 5.75 Å². The van der Waals surface area contributed by atoms with E-state index in [-0.39, 0.29) is 4.88 Å². The Labute approximate surface area is 115 Å². The molecule has 0 unspecified atom stereocenters. The molecule has 0 saturated carbocycles. The van der Waals surface area contributed by atoms with E-state index in [9.17, 15) is 4.79 Å². The fraction of sp³-hybridized carbons (Fsp3) is 0.385. The highest BCUT2D eigenvalue weighted by Gasteiger charge is 2.16. The van der Waals surface area contributed by atoms with Gasteiger partial charge in [0.15, 0.2) is 4.88 Å². The van der Waals surface area contributed by atoms with Crippen LogP contribution >= 0.6 is 11.3 Å². The summed E-state index contributed by atoms with van der Waals surface area (Å²) in [7, 11) is 0. The summed E-state index contributed by atoms with van der Waals surface area (Å²) < 4.78 is 7.49. The number of thiophene rings is 1. The predicted molar refractivity (Wildman–Crippen MR) is 73.0 cm³/mol. The number of carbonyl (C=O) groups is 1. The summed E-state index contributed by atoms with van der Waals surface area (Å²) in [5, 5.41) is 13.4. The van der Waals surface area contributed by atoms with Crippen LogP contribution in [0.3, 0.4) is 0 Å². The molecule has 2 heterocycles. The van der Waals surface area contributed by atoms with Gasteiger partial charge in [-0.1, -0.05) is 0 Å². The summed E-state index contributed by atoms with van der Waals surface area (Å²) in [6, 6.07) is 3.71. The van der Waals surface area contributed by atoms with Crippen molar-refractivity contribution >= 4 is 17.3 Å². The molecule has 0 amide bonds. The predicted octanol–water partition coefficient (Wildman–Crippen LogP) is 2.86. The number of hydrogen-bond donors (Lipinski definition) is 1. The van der Waals surface area contributed by atoms with E-state index in [1.807, 2.05) is 31.5 Å². The topological polar surface area (TPSA) is 64.4 Å². The first-order valence-electron chi connectivity index (χ1n) is 6.01. The molecule has 102 valence electrons. The van der Waals surface area contributed by atoms with Crippen molar-refractivity contribution in [3.63, 3.8) is 0 Å². The lowest BCUT2D eigenvalue weighted by atomic mass is 10.3. The van der Waals surface area contributed by atoms with Crippen molar-refractivity contribution in [1.82, 2.24) is 9.78 Å². The zero-order chi connectivity index (χ0) is 14.0. The van der Waals surface area contributed by atoms with E-state index in [0.717, 1.165) is 22.8 Å². The van der Waals surface area contributed by atoms with Crippen LogP contribution in [0.4, 0.5) is 0 Å². The van der Waals surface area contributed by atoms with Crippen LogP contribution in [-0.2, 0) is 13.2 Å². The lowest BCUT2D eigenvalue weighted by Gasteiger charge is -2.07. The molecule has 0 atom stereocenters. The number of aromatic nitrogens is 2. The molecular weight excluding hydrogens is 264 g/mol. The third kappa shape index (κ3) is 2.96. The van der Waals surface area contributed by atoms with Crippen LogP contribution in [0.25, 0.3) is 0 Å². The number of nitrogens with zero attached hydrogens (tertiary/aromatic N) is 2. The number of aromatic carboxylic acids is 1. The smallest absolute Gasteiger partial charge is 0.349 e. The molecule has 1 N–H and O–H groups in total. The van der Waals surface area contributed by atoms with E-state index in [0.29, 0.717) is 12.4 Å². The van der Waals surface area contributed by atoms with Gasteiger partial charge in [-0.05, 0) is 32.9 Å². The van der Waals surface area contributed by atoms with Crippen molar-refractivity contribution in [2.75, 3.05) is 0 Å². The highest BCUT2D eigenvalue weighted by atomic mass is 32.1. The zero-order valence-electron chi connectivity index (χ0n) is 11.1. The third-order valence-electron chi connectivity index (χ3n) is 2.68. The van der Waals surface area contributed by atoms with Crippen molar-refractivity contribution in [2.24, 2.45) is 0 Å². The fourth-order valence-electron chi connectivity index (χ4n) is 1.89. The van der Waals surface area contributed by atoms with Gasteiger partial charge in [0.25, 0.3) is 0 Å². The van der Waals surface area contributed by atoms with Gasteiger partial charge in [-0.3, -0.25) is 4.68 Å². The molecule has 6 heteroatoms. The minimum Gasteiger partial charge on any atom is -0.486 e. The largest absolute Gasteiger partial charge is 0.486 e. The van der Waals surface area contributed by atoms with Gasteiger partial charge in [-0.15, -0.1) is 11.3 Å². The van der Waals surface area contributed by atoms with Crippen LogP contribution in [-0.4, -0.2) is 20.9 Å². The van der Waals surface area contributed by atoms with Gasteiger partial charge in [0.1, 0.15) is 12.4 Å². The van der Waals surface area contributed by atoms with Crippen LogP contribution in [0, 0.1) is 13.8 Å². The molecule has 0 radical (unpaired) electrons. The first-order valence-corrected chi connectivity index (χ1v) is 6.82. The van der Waals surface area contributed by atoms with Crippen molar-refractivity contribution in [2.45, 2.75) is 33.9 Å². The molecule has 0 spiro atoms. The maximum absolute atomic E-state index is 11.1. The Balaban J connectivity index is 2.16. The van der Waals surface area contributed by atoms with Crippen LogP contribution in [0.5, 0.6) is 5.75 Å². The Morgan fingerprint density at radius 1 is 1.47 bits per heavy atom. The van der Waals surface area contributed by atoms with E-state index < -0.39 is 5.97 Å². The second kappa shape index (κ2) is 5.44. The average Bonchev–Trinajstić information content (AvgIpc) is 2.89. The van der Waals surface area contributed by atoms with Crippen molar-refractivity contribution in [3.05, 3.63) is 33.3 Å². The Morgan fingerprint density at radius 2 is 2.21 bits per heavy atom.